The largest absolute Gasteiger partial charge is 0.481 e. The van der Waals surface area contributed by atoms with E-state index in [4.69, 9.17) is 4.74 Å². The molecule has 1 heterocycles. The first-order valence-electron chi connectivity index (χ1n) is 9.03. The maximum absolute atomic E-state index is 12.3. The maximum atomic E-state index is 12.3. The zero-order valence-electron chi connectivity index (χ0n) is 15.1. The van der Waals surface area contributed by atoms with Crippen molar-refractivity contribution < 1.29 is 24.5 Å². The lowest BCUT2D eigenvalue weighted by atomic mass is 9.64. The van der Waals surface area contributed by atoms with Gasteiger partial charge in [0, 0.05) is 6.54 Å². The van der Waals surface area contributed by atoms with E-state index in [9.17, 15) is 19.8 Å². The van der Waals surface area contributed by atoms with Crippen molar-refractivity contribution >= 4 is 12.1 Å². The zero-order valence-corrected chi connectivity index (χ0v) is 15.1. The molecule has 1 saturated carbocycles. The van der Waals surface area contributed by atoms with Gasteiger partial charge in [0.1, 0.15) is 11.2 Å². The summed E-state index contributed by atoms with van der Waals surface area (Å²) in [6, 6.07) is 0. The smallest absolute Gasteiger partial charge is 0.410 e. The molecule has 0 aromatic rings. The van der Waals surface area contributed by atoms with Crippen molar-refractivity contribution in [3.8, 4) is 0 Å². The van der Waals surface area contributed by atoms with Gasteiger partial charge < -0.3 is 19.8 Å². The number of carboxylic acid groups (broad SMARTS) is 1. The van der Waals surface area contributed by atoms with E-state index in [0.717, 1.165) is 32.1 Å². The summed E-state index contributed by atoms with van der Waals surface area (Å²) in [4.78, 5) is 25.9. The Kier molecular flexibility index (Phi) is 5.47. The first kappa shape index (κ1) is 19.0. The molecule has 2 aliphatic rings. The summed E-state index contributed by atoms with van der Waals surface area (Å²) in [5.41, 5.74) is -3.15. The normalized spacial score (nSPS) is 28.1. The predicted molar refractivity (Wildman–Crippen MR) is 89.8 cm³/mol. The van der Waals surface area contributed by atoms with Gasteiger partial charge in [0.25, 0.3) is 0 Å². The number of carbonyl (C=O) groups excluding carboxylic acids is 1. The molecule has 2 fully saturated rings. The third-order valence-corrected chi connectivity index (χ3v) is 5.41. The van der Waals surface area contributed by atoms with Gasteiger partial charge >= 0.3 is 12.1 Å². The molecule has 2 N–H and O–H groups in total. The average Bonchev–Trinajstić information content (AvgIpc) is 2.80. The van der Waals surface area contributed by atoms with Crippen LogP contribution in [-0.2, 0) is 9.53 Å². The minimum absolute atomic E-state index is 0.0359. The van der Waals surface area contributed by atoms with Crippen LogP contribution < -0.4 is 0 Å². The molecule has 6 heteroatoms. The Bertz CT molecular complexity index is 476. The van der Waals surface area contributed by atoms with Crippen molar-refractivity contribution in [3.05, 3.63) is 0 Å². The molecule has 1 amide bonds. The van der Waals surface area contributed by atoms with Crippen molar-refractivity contribution in [3.63, 3.8) is 0 Å². The van der Waals surface area contributed by atoms with E-state index in [1.165, 1.54) is 4.90 Å². The van der Waals surface area contributed by atoms with Crippen LogP contribution in [-0.4, -0.2) is 51.5 Å². The highest BCUT2D eigenvalue weighted by Gasteiger charge is 2.58. The van der Waals surface area contributed by atoms with Crippen LogP contribution in [0.5, 0.6) is 0 Å². The Balaban J connectivity index is 2.18. The number of nitrogens with zero attached hydrogens (tertiary/aromatic N) is 1. The van der Waals surface area contributed by atoms with Crippen LogP contribution in [0.25, 0.3) is 0 Å². The topological polar surface area (TPSA) is 87.1 Å². The summed E-state index contributed by atoms with van der Waals surface area (Å²) in [6.07, 6.45) is 5.49. The van der Waals surface area contributed by atoms with Gasteiger partial charge in [-0.2, -0.15) is 0 Å². The number of carboxylic acids is 1. The fourth-order valence-electron chi connectivity index (χ4n) is 4.05. The second-order valence-corrected chi connectivity index (χ2v) is 8.34. The molecule has 1 aliphatic heterocycles. The van der Waals surface area contributed by atoms with E-state index in [-0.39, 0.29) is 6.54 Å². The number of rotatable bonds is 2. The Labute approximate surface area is 144 Å². The molecule has 24 heavy (non-hydrogen) atoms. The molecule has 0 radical (unpaired) electrons. The monoisotopic (exact) mass is 341 g/mol. The van der Waals surface area contributed by atoms with Crippen LogP contribution in [0.1, 0.15) is 72.1 Å². The highest BCUT2D eigenvalue weighted by atomic mass is 16.6. The van der Waals surface area contributed by atoms with E-state index in [0.29, 0.717) is 25.8 Å². The third kappa shape index (κ3) is 3.85. The minimum atomic E-state index is -1.38. The maximum Gasteiger partial charge on any atom is 0.410 e. The van der Waals surface area contributed by atoms with Gasteiger partial charge in [-0.1, -0.05) is 32.1 Å². The van der Waals surface area contributed by atoms with Gasteiger partial charge in [-0.3, -0.25) is 4.79 Å². The van der Waals surface area contributed by atoms with Crippen LogP contribution in [0.4, 0.5) is 4.79 Å². The van der Waals surface area contributed by atoms with Gasteiger partial charge in [-0.25, -0.2) is 4.79 Å². The molecule has 0 aromatic carbocycles. The molecule has 1 unspecified atom stereocenters. The number of aliphatic carboxylic acids is 1. The summed E-state index contributed by atoms with van der Waals surface area (Å²) < 4.78 is 5.37. The van der Waals surface area contributed by atoms with E-state index in [1.807, 2.05) is 0 Å². The molecular weight excluding hydrogens is 310 g/mol. The Morgan fingerprint density at radius 3 is 2.04 bits per heavy atom. The van der Waals surface area contributed by atoms with Gasteiger partial charge in [0.15, 0.2) is 0 Å². The van der Waals surface area contributed by atoms with Crippen molar-refractivity contribution in [1.29, 1.82) is 0 Å². The molecule has 1 aliphatic carbocycles. The van der Waals surface area contributed by atoms with Crippen molar-refractivity contribution in [2.45, 2.75) is 83.3 Å². The van der Waals surface area contributed by atoms with Crippen molar-refractivity contribution in [2.75, 3.05) is 13.1 Å². The second kappa shape index (κ2) is 6.90. The zero-order chi connectivity index (χ0) is 18.0. The molecule has 2 rings (SSSR count). The van der Waals surface area contributed by atoms with Gasteiger partial charge in [-0.05, 0) is 40.0 Å². The quantitative estimate of drug-likeness (QED) is 0.805. The van der Waals surface area contributed by atoms with Crippen LogP contribution in [0, 0.1) is 5.41 Å². The van der Waals surface area contributed by atoms with E-state index < -0.39 is 28.7 Å². The molecule has 1 saturated heterocycles. The number of hydrogen-bond acceptors (Lipinski definition) is 4. The first-order valence-corrected chi connectivity index (χ1v) is 9.03. The summed E-state index contributed by atoms with van der Waals surface area (Å²) in [6.45, 7) is 5.75. The van der Waals surface area contributed by atoms with Crippen LogP contribution in [0.3, 0.4) is 0 Å². The van der Waals surface area contributed by atoms with Gasteiger partial charge in [0.05, 0.1) is 12.0 Å². The summed E-state index contributed by atoms with van der Waals surface area (Å²) in [5, 5.41) is 21.2. The molecule has 0 bridgehead atoms. The lowest BCUT2D eigenvalue weighted by Crippen LogP contribution is -2.55. The molecule has 138 valence electrons. The molecular formula is C18H31NO5. The van der Waals surface area contributed by atoms with E-state index in [2.05, 4.69) is 0 Å². The Hall–Kier alpha value is -1.30. The molecule has 6 nitrogen and oxygen atoms in total. The first-order chi connectivity index (χ1) is 11.1. The fraction of sp³-hybridized carbons (Fsp3) is 0.889. The summed E-state index contributed by atoms with van der Waals surface area (Å²) in [5.74, 6) is -0.932. The van der Waals surface area contributed by atoms with Crippen LogP contribution >= 0.6 is 0 Å². The lowest BCUT2D eigenvalue weighted by molar-refractivity contribution is -0.171. The fourth-order valence-corrected chi connectivity index (χ4v) is 4.05. The molecule has 1 atom stereocenters. The Morgan fingerprint density at radius 1 is 1.00 bits per heavy atom. The molecule has 0 aromatic heterocycles. The van der Waals surface area contributed by atoms with E-state index >= 15 is 0 Å². The SMILES string of the molecule is CC(C)(C)OC(=O)N1CCC(O)(C2(C(=O)O)CCCCCCC2)C1. The lowest BCUT2D eigenvalue weighted by Gasteiger charge is -2.43. The number of aliphatic hydroxyl groups is 1. The number of carbonyl (C=O) groups is 2. The Morgan fingerprint density at radius 2 is 1.54 bits per heavy atom. The highest BCUT2D eigenvalue weighted by Crippen LogP contribution is 2.48. The van der Waals surface area contributed by atoms with Gasteiger partial charge in [-0.15, -0.1) is 0 Å². The van der Waals surface area contributed by atoms with Crippen molar-refractivity contribution in [2.24, 2.45) is 5.41 Å². The summed E-state index contributed by atoms with van der Waals surface area (Å²) >= 11 is 0. The molecule has 0 spiro atoms. The van der Waals surface area contributed by atoms with Crippen LogP contribution in [0.2, 0.25) is 0 Å². The minimum Gasteiger partial charge on any atom is -0.481 e. The van der Waals surface area contributed by atoms with Gasteiger partial charge in [0.2, 0.25) is 0 Å². The number of likely N-dealkylation sites (tertiary alicyclic amines) is 1. The third-order valence-electron chi connectivity index (χ3n) is 5.41. The highest BCUT2D eigenvalue weighted by molar-refractivity contribution is 5.77. The average molecular weight is 341 g/mol. The van der Waals surface area contributed by atoms with Crippen LogP contribution in [0.15, 0.2) is 0 Å². The number of β-amino-alcohol motifs (C(OH)–C–C–N with tert-alkyl or cyclic N) is 1. The predicted octanol–water partition coefficient (Wildman–Crippen LogP) is 3.17. The van der Waals surface area contributed by atoms with Crippen molar-refractivity contribution in [1.82, 2.24) is 4.90 Å². The second-order valence-electron chi connectivity index (χ2n) is 8.34. The number of amides is 1. The number of hydrogen-bond donors (Lipinski definition) is 2. The number of ether oxygens (including phenoxy) is 1. The summed E-state index contributed by atoms with van der Waals surface area (Å²) in [7, 11) is 0. The van der Waals surface area contributed by atoms with E-state index in [1.54, 1.807) is 20.8 Å². The standard InChI is InChI=1S/C18H31NO5/c1-16(2,3)24-15(22)19-12-11-18(23,13-19)17(14(20)21)9-7-5-4-6-8-10-17/h23H,4-13H2,1-3H3,(H,20,21).